The number of aromatic nitrogens is 1. The van der Waals surface area contributed by atoms with E-state index in [1.54, 1.807) is 12.3 Å². The molecule has 2 aliphatic rings. The van der Waals surface area contributed by atoms with Gasteiger partial charge in [-0.05, 0) is 37.7 Å². The van der Waals surface area contributed by atoms with Crippen LogP contribution >= 0.6 is 0 Å². The second-order valence-electron chi connectivity index (χ2n) is 9.35. The molecule has 1 atom stereocenters. The number of hydrogen-bond acceptors (Lipinski definition) is 4. The highest BCUT2D eigenvalue weighted by Gasteiger charge is 2.36. The van der Waals surface area contributed by atoms with Gasteiger partial charge in [0.15, 0.2) is 28.3 Å². The second kappa shape index (κ2) is 6.09. The first-order chi connectivity index (χ1) is 13.7. The third-order valence-electron chi connectivity index (χ3n) is 6.02. The number of fused-ring (bicyclic) bond motifs is 5. The van der Waals surface area contributed by atoms with Crippen LogP contribution in [0.3, 0.4) is 0 Å². The number of furan rings is 1. The molecule has 3 heterocycles. The molecule has 5 heteroatoms. The first kappa shape index (κ1) is 18.2. The van der Waals surface area contributed by atoms with Crippen LogP contribution < -0.4 is 10.2 Å². The van der Waals surface area contributed by atoms with Gasteiger partial charge in [0, 0.05) is 29.3 Å². The van der Waals surface area contributed by atoms with Crippen molar-refractivity contribution in [3.05, 3.63) is 51.8 Å². The van der Waals surface area contributed by atoms with E-state index in [-0.39, 0.29) is 34.3 Å². The lowest BCUT2D eigenvalue weighted by atomic mass is 9.79. The van der Waals surface area contributed by atoms with E-state index >= 15 is 0 Å². The molecule has 29 heavy (non-hydrogen) atoms. The number of Topliss-reactive ketones (excluding diaryl/α,β-unsaturated/α-hetero) is 1. The summed E-state index contributed by atoms with van der Waals surface area (Å²) in [7, 11) is 0. The SMILES string of the molecule is CC(=O)c1cn2c(cc1=O)-c1oc3c(OC4CC4)cccc3c1C[C@H]2C(C)(C)C. The van der Waals surface area contributed by atoms with Crippen LogP contribution in [0.1, 0.15) is 62.5 Å². The summed E-state index contributed by atoms with van der Waals surface area (Å²) < 4.78 is 14.4. The van der Waals surface area contributed by atoms with Crippen molar-refractivity contribution in [3.63, 3.8) is 0 Å². The number of ketones is 1. The Morgan fingerprint density at radius 3 is 2.66 bits per heavy atom. The topological polar surface area (TPSA) is 61.4 Å². The molecule has 1 aromatic carbocycles. The smallest absolute Gasteiger partial charge is 0.193 e. The first-order valence-corrected chi connectivity index (χ1v) is 10.2. The molecule has 5 nitrogen and oxygen atoms in total. The maximum atomic E-state index is 12.6. The highest BCUT2D eigenvalue weighted by molar-refractivity contribution is 5.95. The number of nitrogens with zero attached hydrogens (tertiary/aromatic N) is 1. The molecular weight excluding hydrogens is 366 g/mol. The Hall–Kier alpha value is -2.82. The van der Waals surface area contributed by atoms with Gasteiger partial charge in [-0.3, -0.25) is 9.59 Å². The van der Waals surface area contributed by atoms with Gasteiger partial charge in [0.05, 0.1) is 17.4 Å². The number of carbonyl (C=O) groups excluding carboxylic acids is 1. The lowest BCUT2D eigenvalue weighted by Crippen LogP contribution is -2.32. The molecule has 1 fully saturated rings. The maximum Gasteiger partial charge on any atom is 0.193 e. The van der Waals surface area contributed by atoms with Crippen molar-refractivity contribution in [2.24, 2.45) is 5.41 Å². The van der Waals surface area contributed by atoms with E-state index in [1.165, 1.54) is 6.92 Å². The normalized spacial score (nSPS) is 18.4. The van der Waals surface area contributed by atoms with Crippen molar-refractivity contribution in [2.75, 3.05) is 0 Å². The monoisotopic (exact) mass is 391 g/mol. The number of hydrogen-bond donors (Lipinski definition) is 0. The van der Waals surface area contributed by atoms with Gasteiger partial charge in [0.2, 0.25) is 0 Å². The summed E-state index contributed by atoms with van der Waals surface area (Å²) in [6, 6.07) is 7.66. The van der Waals surface area contributed by atoms with Crippen LogP contribution in [0.25, 0.3) is 22.4 Å². The standard InChI is InChI=1S/C24H25NO4/c1-13(26)17-12-25-18(11-19(17)27)22-16(10-21(25)24(2,3)4)15-6-5-7-20(23(15)29-22)28-14-8-9-14/h5-7,11-12,14,21H,8-10H2,1-4H3/t21-/m0/s1. The number of rotatable bonds is 3. The Morgan fingerprint density at radius 1 is 1.24 bits per heavy atom. The molecule has 0 radical (unpaired) electrons. The summed E-state index contributed by atoms with van der Waals surface area (Å²) in [5, 5.41) is 1.04. The van der Waals surface area contributed by atoms with Crippen molar-refractivity contribution in [2.45, 2.75) is 59.1 Å². The van der Waals surface area contributed by atoms with Crippen molar-refractivity contribution in [1.82, 2.24) is 4.57 Å². The number of ether oxygens (including phenoxy) is 1. The van der Waals surface area contributed by atoms with Crippen molar-refractivity contribution < 1.29 is 13.9 Å². The minimum Gasteiger partial charge on any atom is -0.486 e. The lowest BCUT2D eigenvalue weighted by Gasteiger charge is -2.37. The van der Waals surface area contributed by atoms with E-state index in [1.807, 2.05) is 12.1 Å². The number of benzene rings is 1. The number of para-hydroxylation sites is 1. The van der Waals surface area contributed by atoms with Gasteiger partial charge in [-0.2, -0.15) is 0 Å². The average Bonchev–Trinajstić information content (AvgIpc) is 3.37. The van der Waals surface area contributed by atoms with Crippen molar-refractivity contribution in [1.29, 1.82) is 0 Å². The zero-order valence-electron chi connectivity index (χ0n) is 17.2. The fourth-order valence-corrected chi connectivity index (χ4v) is 4.28. The maximum absolute atomic E-state index is 12.6. The molecule has 1 aliphatic heterocycles. The molecule has 0 N–H and O–H groups in total. The van der Waals surface area contributed by atoms with E-state index in [9.17, 15) is 9.59 Å². The Labute approximate surface area is 169 Å². The van der Waals surface area contributed by atoms with E-state index in [0.717, 1.165) is 47.2 Å². The lowest BCUT2D eigenvalue weighted by molar-refractivity contribution is 0.101. The van der Waals surface area contributed by atoms with Crippen LogP contribution in [-0.4, -0.2) is 16.5 Å². The van der Waals surface area contributed by atoms with Gasteiger partial charge in [-0.25, -0.2) is 0 Å². The molecule has 0 spiro atoms. The van der Waals surface area contributed by atoms with Gasteiger partial charge in [0.1, 0.15) is 0 Å². The predicted octanol–water partition coefficient (Wildman–Crippen LogP) is 5.15. The molecule has 0 unspecified atom stereocenters. The third-order valence-corrected chi connectivity index (χ3v) is 6.02. The fourth-order valence-electron chi connectivity index (χ4n) is 4.28. The fraction of sp³-hybridized carbons (Fsp3) is 0.417. The van der Waals surface area contributed by atoms with Crippen LogP contribution in [0.5, 0.6) is 5.75 Å². The largest absolute Gasteiger partial charge is 0.486 e. The molecule has 0 saturated heterocycles. The van der Waals surface area contributed by atoms with Crippen LogP contribution in [-0.2, 0) is 6.42 Å². The van der Waals surface area contributed by atoms with Gasteiger partial charge in [0.25, 0.3) is 0 Å². The van der Waals surface area contributed by atoms with Crippen molar-refractivity contribution >= 4 is 16.8 Å². The summed E-state index contributed by atoms with van der Waals surface area (Å²) in [5.41, 5.74) is 2.47. The molecule has 1 saturated carbocycles. The quantitative estimate of drug-likeness (QED) is 0.580. The van der Waals surface area contributed by atoms with Crippen molar-refractivity contribution in [3.8, 4) is 17.2 Å². The van der Waals surface area contributed by atoms with E-state index in [0.29, 0.717) is 5.76 Å². The Bertz CT molecular complexity index is 1200. The van der Waals surface area contributed by atoms with Gasteiger partial charge in [-0.15, -0.1) is 0 Å². The van der Waals surface area contributed by atoms with Gasteiger partial charge in [-0.1, -0.05) is 32.9 Å². The summed E-state index contributed by atoms with van der Waals surface area (Å²) in [4.78, 5) is 24.6. The summed E-state index contributed by atoms with van der Waals surface area (Å²) >= 11 is 0. The summed E-state index contributed by atoms with van der Waals surface area (Å²) in [6.07, 6.45) is 4.92. The Morgan fingerprint density at radius 2 is 2.00 bits per heavy atom. The first-order valence-electron chi connectivity index (χ1n) is 10.2. The highest BCUT2D eigenvalue weighted by Crippen LogP contribution is 2.47. The summed E-state index contributed by atoms with van der Waals surface area (Å²) in [5.74, 6) is 1.26. The number of carbonyl (C=O) groups is 1. The highest BCUT2D eigenvalue weighted by atomic mass is 16.5. The van der Waals surface area contributed by atoms with Gasteiger partial charge < -0.3 is 13.7 Å². The molecule has 1 aliphatic carbocycles. The zero-order valence-corrected chi connectivity index (χ0v) is 17.2. The summed E-state index contributed by atoms with van der Waals surface area (Å²) in [6.45, 7) is 7.98. The van der Waals surface area contributed by atoms with Crippen LogP contribution in [0.4, 0.5) is 0 Å². The Kier molecular flexibility index (Phi) is 3.83. The molecule has 2 aromatic heterocycles. The zero-order chi connectivity index (χ0) is 20.5. The molecule has 0 bridgehead atoms. The minimum absolute atomic E-state index is 0.0682. The Balaban J connectivity index is 1.78. The van der Waals surface area contributed by atoms with E-state index in [2.05, 4.69) is 31.4 Å². The van der Waals surface area contributed by atoms with Crippen LogP contribution in [0.15, 0.2) is 39.7 Å². The minimum atomic E-state index is -0.265. The van der Waals surface area contributed by atoms with Crippen LogP contribution in [0.2, 0.25) is 0 Å². The molecule has 0 amide bonds. The predicted molar refractivity (Wildman–Crippen MR) is 112 cm³/mol. The van der Waals surface area contributed by atoms with Gasteiger partial charge >= 0.3 is 0 Å². The second-order valence-corrected chi connectivity index (χ2v) is 9.35. The molecule has 5 rings (SSSR count). The molecule has 3 aromatic rings. The third kappa shape index (κ3) is 2.91. The molecule has 150 valence electrons. The van der Waals surface area contributed by atoms with E-state index in [4.69, 9.17) is 9.15 Å². The van der Waals surface area contributed by atoms with Crippen LogP contribution in [0, 0.1) is 5.41 Å². The van der Waals surface area contributed by atoms with E-state index < -0.39 is 0 Å². The number of pyridine rings is 1. The average molecular weight is 391 g/mol. The molecular formula is C24H25NO4.